The molecule has 170 valence electrons. The highest BCUT2D eigenvalue weighted by atomic mass is 127. The number of para-hydroxylation sites is 1. The van der Waals surface area contributed by atoms with Gasteiger partial charge in [-0.25, -0.2) is 4.79 Å². The normalized spacial score (nSPS) is 14.6. The number of aliphatic imine (C=N–C) groups is 1. The van der Waals surface area contributed by atoms with Crippen molar-refractivity contribution in [2.24, 2.45) is 4.99 Å². The third kappa shape index (κ3) is 8.95. The molecule has 0 spiro atoms. The topological polar surface area (TPSA) is 78.4 Å². The van der Waals surface area contributed by atoms with Gasteiger partial charge in [0.25, 0.3) is 0 Å². The smallest absolute Gasteiger partial charge is 0.410 e. The molecule has 0 aliphatic carbocycles. The van der Waals surface area contributed by atoms with Crippen LogP contribution in [-0.2, 0) is 11.3 Å². The fourth-order valence-electron chi connectivity index (χ4n) is 2.74. The first-order valence-corrected chi connectivity index (χ1v) is 9.98. The van der Waals surface area contributed by atoms with Crippen LogP contribution < -0.4 is 15.4 Å². The summed E-state index contributed by atoms with van der Waals surface area (Å²) in [5, 5.41) is 6.66. The van der Waals surface area contributed by atoms with E-state index in [9.17, 15) is 4.79 Å². The molecule has 2 N–H and O–H groups in total. The summed E-state index contributed by atoms with van der Waals surface area (Å²) < 4.78 is 11.3. The van der Waals surface area contributed by atoms with Crippen LogP contribution in [0.3, 0.4) is 0 Å². The van der Waals surface area contributed by atoms with Gasteiger partial charge in [-0.3, -0.25) is 4.99 Å². The second kappa shape index (κ2) is 12.2. The van der Waals surface area contributed by atoms with Crippen molar-refractivity contribution < 1.29 is 14.3 Å². The molecule has 0 saturated carbocycles. The number of nitrogens with one attached hydrogen (secondary N) is 2. The van der Waals surface area contributed by atoms with Crippen molar-refractivity contribution in [1.29, 1.82) is 0 Å². The van der Waals surface area contributed by atoms with E-state index in [0.29, 0.717) is 32.2 Å². The molecule has 0 bridgehead atoms. The highest BCUT2D eigenvalue weighted by Crippen LogP contribution is 2.18. The molecule has 1 aromatic rings. The lowest BCUT2D eigenvalue weighted by Gasteiger charge is -2.40. The SMILES string of the molecule is CN=C(NCc1ccccc1OCCN(C)C)NC1CN(C(=O)OC(C)(C)C)C1.I. The Labute approximate surface area is 197 Å². The van der Waals surface area contributed by atoms with Crippen molar-refractivity contribution in [3.8, 4) is 5.75 Å². The summed E-state index contributed by atoms with van der Waals surface area (Å²) in [6, 6.07) is 8.14. The lowest BCUT2D eigenvalue weighted by atomic mass is 10.1. The van der Waals surface area contributed by atoms with Gasteiger partial charge in [-0.15, -0.1) is 24.0 Å². The van der Waals surface area contributed by atoms with E-state index in [-0.39, 0.29) is 36.1 Å². The van der Waals surface area contributed by atoms with E-state index in [1.54, 1.807) is 11.9 Å². The third-order valence-corrected chi connectivity index (χ3v) is 4.31. The molecular formula is C21H36IN5O3. The molecule has 0 atom stereocenters. The van der Waals surface area contributed by atoms with E-state index >= 15 is 0 Å². The number of ether oxygens (including phenoxy) is 2. The van der Waals surface area contributed by atoms with Gasteiger partial charge in [-0.05, 0) is 40.9 Å². The minimum Gasteiger partial charge on any atom is -0.492 e. The maximum atomic E-state index is 12.0. The molecule has 8 nitrogen and oxygen atoms in total. The Morgan fingerprint density at radius 2 is 1.93 bits per heavy atom. The standard InChI is InChI=1S/C21H35N5O3.HI/c1-21(2,3)29-20(27)26-14-17(15-26)24-19(22-4)23-13-16-9-7-8-10-18(16)28-12-11-25(5)6;/h7-10,17H,11-15H2,1-6H3,(H2,22,23,24);1H. The molecule has 1 saturated heterocycles. The molecule has 0 aromatic heterocycles. The maximum absolute atomic E-state index is 12.0. The molecule has 2 rings (SSSR count). The Morgan fingerprint density at radius 3 is 2.53 bits per heavy atom. The van der Waals surface area contributed by atoms with Gasteiger partial charge in [0.15, 0.2) is 5.96 Å². The maximum Gasteiger partial charge on any atom is 0.410 e. The second-order valence-electron chi connectivity index (χ2n) is 8.41. The number of likely N-dealkylation sites (N-methyl/N-ethyl adjacent to an activating group) is 1. The molecular weight excluding hydrogens is 497 g/mol. The van der Waals surface area contributed by atoms with Gasteiger partial charge in [0.05, 0.1) is 6.04 Å². The summed E-state index contributed by atoms with van der Waals surface area (Å²) in [7, 11) is 5.78. The van der Waals surface area contributed by atoms with Gasteiger partial charge in [0, 0.05) is 38.8 Å². The van der Waals surface area contributed by atoms with E-state index in [2.05, 4.69) is 20.5 Å². The van der Waals surface area contributed by atoms with Gasteiger partial charge in [-0.1, -0.05) is 18.2 Å². The Kier molecular flexibility index (Phi) is 10.7. The van der Waals surface area contributed by atoms with E-state index in [1.165, 1.54) is 0 Å². The molecule has 30 heavy (non-hydrogen) atoms. The fourth-order valence-corrected chi connectivity index (χ4v) is 2.74. The number of rotatable bonds is 7. The van der Waals surface area contributed by atoms with Crippen LogP contribution in [0.4, 0.5) is 4.79 Å². The van der Waals surface area contributed by atoms with Crippen LogP contribution in [0.25, 0.3) is 0 Å². The number of carbonyl (C=O) groups excluding carboxylic acids is 1. The number of likely N-dealkylation sites (tertiary alicyclic amines) is 1. The molecule has 1 heterocycles. The monoisotopic (exact) mass is 533 g/mol. The molecule has 1 aliphatic heterocycles. The average molecular weight is 533 g/mol. The summed E-state index contributed by atoms with van der Waals surface area (Å²) in [5.41, 5.74) is 0.591. The van der Waals surface area contributed by atoms with E-state index < -0.39 is 5.60 Å². The zero-order valence-corrected chi connectivity index (χ0v) is 21.2. The Morgan fingerprint density at radius 1 is 1.27 bits per heavy atom. The molecule has 1 aliphatic rings. The first kappa shape index (κ1) is 26.3. The Hall–Kier alpha value is -1.75. The fraction of sp³-hybridized carbons (Fsp3) is 0.619. The Balaban J connectivity index is 0.00000450. The molecule has 1 aromatic carbocycles. The highest BCUT2D eigenvalue weighted by Gasteiger charge is 2.34. The summed E-state index contributed by atoms with van der Waals surface area (Å²) in [6.45, 7) is 8.90. The number of benzene rings is 1. The lowest BCUT2D eigenvalue weighted by molar-refractivity contribution is 0.00701. The predicted molar refractivity (Wildman–Crippen MR) is 131 cm³/mol. The zero-order chi connectivity index (χ0) is 21.4. The van der Waals surface area contributed by atoms with Crippen molar-refractivity contribution in [1.82, 2.24) is 20.4 Å². The number of amides is 1. The first-order chi connectivity index (χ1) is 13.7. The van der Waals surface area contributed by atoms with Gasteiger partial charge >= 0.3 is 6.09 Å². The summed E-state index contributed by atoms with van der Waals surface area (Å²) in [5.74, 6) is 1.57. The van der Waals surface area contributed by atoms with Gasteiger partial charge in [0.2, 0.25) is 0 Å². The third-order valence-electron chi connectivity index (χ3n) is 4.31. The van der Waals surface area contributed by atoms with Gasteiger partial charge < -0.3 is 29.9 Å². The van der Waals surface area contributed by atoms with Gasteiger partial charge in [-0.2, -0.15) is 0 Å². The van der Waals surface area contributed by atoms with Crippen molar-refractivity contribution in [3.05, 3.63) is 29.8 Å². The number of nitrogens with zero attached hydrogens (tertiary/aromatic N) is 3. The number of hydrogen-bond donors (Lipinski definition) is 2. The largest absolute Gasteiger partial charge is 0.492 e. The van der Waals surface area contributed by atoms with Crippen LogP contribution in [0.15, 0.2) is 29.3 Å². The molecule has 1 amide bonds. The van der Waals surface area contributed by atoms with Gasteiger partial charge in [0.1, 0.15) is 18.0 Å². The lowest BCUT2D eigenvalue weighted by Crippen LogP contribution is -2.63. The second-order valence-corrected chi connectivity index (χ2v) is 8.41. The first-order valence-electron chi connectivity index (χ1n) is 9.98. The molecule has 0 radical (unpaired) electrons. The number of guanidine groups is 1. The molecule has 9 heteroatoms. The van der Waals surface area contributed by atoms with Crippen LogP contribution in [0.1, 0.15) is 26.3 Å². The van der Waals surface area contributed by atoms with E-state index in [1.807, 2.05) is 59.1 Å². The predicted octanol–water partition coefficient (Wildman–Crippen LogP) is 2.53. The van der Waals surface area contributed by atoms with Crippen LogP contribution in [0.5, 0.6) is 5.75 Å². The molecule has 0 unspecified atom stereocenters. The summed E-state index contributed by atoms with van der Waals surface area (Å²) >= 11 is 0. The number of hydrogen-bond acceptors (Lipinski definition) is 5. The van der Waals surface area contributed by atoms with Crippen LogP contribution in [-0.4, -0.2) is 80.9 Å². The Bertz CT molecular complexity index is 700. The number of halogens is 1. The quantitative estimate of drug-likeness (QED) is 0.319. The van der Waals surface area contributed by atoms with Crippen LogP contribution >= 0.6 is 24.0 Å². The van der Waals surface area contributed by atoms with Crippen LogP contribution in [0.2, 0.25) is 0 Å². The van der Waals surface area contributed by atoms with Crippen molar-refractivity contribution in [3.63, 3.8) is 0 Å². The van der Waals surface area contributed by atoms with Crippen molar-refractivity contribution >= 4 is 36.0 Å². The van der Waals surface area contributed by atoms with Crippen molar-refractivity contribution in [2.45, 2.75) is 39.0 Å². The summed E-state index contributed by atoms with van der Waals surface area (Å²) in [6.07, 6.45) is -0.276. The minimum absolute atomic E-state index is 0. The average Bonchev–Trinajstić information content (AvgIpc) is 2.59. The van der Waals surface area contributed by atoms with E-state index in [0.717, 1.165) is 17.9 Å². The summed E-state index contributed by atoms with van der Waals surface area (Å²) in [4.78, 5) is 20.1. The molecule has 1 fully saturated rings. The highest BCUT2D eigenvalue weighted by molar-refractivity contribution is 14.0. The van der Waals surface area contributed by atoms with Crippen LogP contribution in [0, 0.1) is 0 Å². The minimum atomic E-state index is -0.477. The zero-order valence-electron chi connectivity index (χ0n) is 18.9. The van der Waals surface area contributed by atoms with Crippen molar-refractivity contribution in [2.75, 3.05) is 47.4 Å². The van der Waals surface area contributed by atoms with E-state index in [4.69, 9.17) is 9.47 Å². The number of carbonyl (C=O) groups is 1.